The molecule has 1 saturated carbocycles. The molecule has 3 rings (SSSR count). The van der Waals surface area contributed by atoms with Gasteiger partial charge in [-0.1, -0.05) is 37.1 Å². The first kappa shape index (κ1) is 15.5. The lowest BCUT2D eigenvalue weighted by Crippen LogP contribution is -2.35. The van der Waals surface area contributed by atoms with Gasteiger partial charge < -0.3 is 10.6 Å². The summed E-state index contributed by atoms with van der Waals surface area (Å²) in [4.78, 5) is 14.7. The smallest absolute Gasteiger partial charge is 0.229 e. The Hall–Kier alpha value is -1.35. The molecule has 0 aromatic heterocycles. The number of rotatable bonds is 4. The van der Waals surface area contributed by atoms with Gasteiger partial charge in [0.15, 0.2) is 0 Å². The fourth-order valence-electron chi connectivity index (χ4n) is 3.38. The molecule has 1 amide bonds. The zero-order chi connectivity index (χ0) is 15.6. The lowest BCUT2D eigenvalue weighted by atomic mass is 9.96. The van der Waals surface area contributed by atoms with E-state index in [1.807, 2.05) is 6.92 Å². The molecule has 2 N–H and O–H groups in total. The maximum absolute atomic E-state index is 12.7. The van der Waals surface area contributed by atoms with Crippen LogP contribution in [0, 0.1) is 0 Å². The van der Waals surface area contributed by atoms with Gasteiger partial charge in [-0.25, -0.2) is 0 Å². The predicted octanol–water partition coefficient (Wildman–Crippen LogP) is 3.23. The zero-order valence-electron chi connectivity index (χ0n) is 13.7. The molecule has 3 nitrogen and oxygen atoms in total. The van der Waals surface area contributed by atoms with Crippen LogP contribution < -0.4 is 5.73 Å². The Morgan fingerprint density at radius 2 is 1.73 bits per heavy atom. The van der Waals surface area contributed by atoms with E-state index in [1.165, 1.54) is 18.4 Å². The summed E-state index contributed by atoms with van der Waals surface area (Å²) in [6.45, 7) is 3.89. The Balaban J connectivity index is 1.63. The second kappa shape index (κ2) is 6.41. The third-order valence-corrected chi connectivity index (χ3v) is 5.22. The van der Waals surface area contributed by atoms with E-state index in [0.717, 1.165) is 50.8 Å². The van der Waals surface area contributed by atoms with E-state index in [2.05, 4.69) is 29.2 Å². The van der Waals surface area contributed by atoms with E-state index >= 15 is 0 Å². The number of hydrogen-bond donors (Lipinski definition) is 1. The summed E-state index contributed by atoms with van der Waals surface area (Å²) < 4.78 is 0. The molecular formula is C19H28N2O. The van der Waals surface area contributed by atoms with Gasteiger partial charge in [0.25, 0.3) is 0 Å². The van der Waals surface area contributed by atoms with Crippen molar-refractivity contribution in [2.45, 2.75) is 63.3 Å². The summed E-state index contributed by atoms with van der Waals surface area (Å²) in [6.07, 6.45) is 8.05. The quantitative estimate of drug-likeness (QED) is 0.928. The van der Waals surface area contributed by atoms with Crippen LogP contribution in [0.2, 0.25) is 0 Å². The first-order valence-electron chi connectivity index (χ1n) is 8.74. The molecule has 1 saturated heterocycles. The van der Waals surface area contributed by atoms with Crippen molar-refractivity contribution in [1.29, 1.82) is 0 Å². The van der Waals surface area contributed by atoms with E-state index in [0.29, 0.717) is 0 Å². The van der Waals surface area contributed by atoms with Crippen molar-refractivity contribution in [3.8, 4) is 0 Å². The Morgan fingerprint density at radius 1 is 1.14 bits per heavy atom. The molecule has 2 aliphatic rings. The van der Waals surface area contributed by atoms with Crippen molar-refractivity contribution in [3.05, 3.63) is 35.4 Å². The van der Waals surface area contributed by atoms with Gasteiger partial charge in [0.05, 0.1) is 5.92 Å². The van der Waals surface area contributed by atoms with Gasteiger partial charge in [0, 0.05) is 18.6 Å². The largest absolute Gasteiger partial charge is 0.342 e. The monoisotopic (exact) mass is 300 g/mol. The van der Waals surface area contributed by atoms with Gasteiger partial charge in [-0.05, 0) is 50.2 Å². The number of benzene rings is 1. The molecule has 1 aliphatic carbocycles. The van der Waals surface area contributed by atoms with Gasteiger partial charge >= 0.3 is 0 Å². The normalized spacial score (nSPS) is 22.0. The Labute approximate surface area is 133 Å². The minimum atomic E-state index is -0.0417. The minimum absolute atomic E-state index is 0.0417. The number of carbonyl (C=O) groups is 1. The van der Waals surface area contributed by atoms with Crippen LogP contribution in [0.1, 0.15) is 62.5 Å². The van der Waals surface area contributed by atoms with Crippen LogP contribution >= 0.6 is 0 Å². The van der Waals surface area contributed by atoms with Crippen LogP contribution in [0.15, 0.2) is 24.3 Å². The van der Waals surface area contributed by atoms with Crippen LogP contribution in [0.25, 0.3) is 0 Å². The molecule has 0 spiro atoms. The number of nitrogens with two attached hydrogens (primary N) is 1. The molecule has 1 aliphatic heterocycles. The highest BCUT2D eigenvalue weighted by Gasteiger charge is 2.37. The fraction of sp³-hybridized carbons (Fsp3) is 0.632. The molecule has 1 unspecified atom stereocenters. The van der Waals surface area contributed by atoms with Gasteiger partial charge in [0.2, 0.25) is 5.91 Å². The van der Waals surface area contributed by atoms with E-state index < -0.39 is 0 Å². The minimum Gasteiger partial charge on any atom is -0.342 e. The zero-order valence-corrected chi connectivity index (χ0v) is 13.7. The van der Waals surface area contributed by atoms with E-state index in [-0.39, 0.29) is 17.4 Å². The van der Waals surface area contributed by atoms with Crippen molar-refractivity contribution in [1.82, 2.24) is 4.90 Å². The number of likely N-dealkylation sites (tertiary alicyclic amines) is 1. The Kier molecular flexibility index (Phi) is 4.53. The van der Waals surface area contributed by atoms with Gasteiger partial charge in [0.1, 0.15) is 0 Å². The highest BCUT2D eigenvalue weighted by atomic mass is 16.2. The van der Waals surface area contributed by atoms with Crippen molar-refractivity contribution < 1.29 is 4.79 Å². The summed E-state index contributed by atoms with van der Waals surface area (Å²) in [6, 6.07) is 8.52. The van der Waals surface area contributed by atoms with Crippen LogP contribution in [0.3, 0.4) is 0 Å². The predicted molar refractivity (Wildman–Crippen MR) is 89.8 cm³/mol. The summed E-state index contributed by atoms with van der Waals surface area (Å²) in [5.74, 6) is 0.243. The number of hydrogen-bond acceptors (Lipinski definition) is 2. The third kappa shape index (κ3) is 3.70. The number of carbonyl (C=O) groups excluding carboxylic acids is 1. The van der Waals surface area contributed by atoms with Crippen LogP contribution in [0.5, 0.6) is 0 Å². The fourth-order valence-corrected chi connectivity index (χ4v) is 3.38. The van der Waals surface area contributed by atoms with Gasteiger partial charge in [-0.3, -0.25) is 4.79 Å². The lowest BCUT2D eigenvalue weighted by Gasteiger charge is -2.24. The standard InChI is InChI=1S/C19H28N2O/c1-15(18(22)21-12-4-2-3-5-13-21)17-8-6-16(7-9-17)14-19(20)10-11-19/h6-9,15H,2-5,10-14,20H2,1H3. The lowest BCUT2D eigenvalue weighted by molar-refractivity contribution is -0.132. The average molecular weight is 300 g/mol. The van der Waals surface area contributed by atoms with Crippen molar-refractivity contribution >= 4 is 5.91 Å². The highest BCUT2D eigenvalue weighted by Crippen LogP contribution is 2.35. The molecule has 2 fully saturated rings. The molecule has 3 heteroatoms. The summed E-state index contributed by atoms with van der Waals surface area (Å²) in [5.41, 5.74) is 8.64. The van der Waals surface area contributed by atoms with E-state index in [1.54, 1.807) is 0 Å². The molecule has 22 heavy (non-hydrogen) atoms. The van der Waals surface area contributed by atoms with E-state index in [4.69, 9.17) is 5.73 Å². The summed E-state index contributed by atoms with van der Waals surface area (Å²) >= 11 is 0. The first-order valence-corrected chi connectivity index (χ1v) is 8.74. The molecule has 120 valence electrons. The molecule has 1 aromatic carbocycles. The molecule has 1 aromatic rings. The van der Waals surface area contributed by atoms with E-state index in [9.17, 15) is 4.79 Å². The third-order valence-electron chi connectivity index (χ3n) is 5.22. The SMILES string of the molecule is CC(C(=O)N1CCCCCC1)c1ccc(CC2(N)CC2)cc1. The topological polar surface area (TPSA) is 46.3 Å². The van der Waals surface area contributed by atoms with Gasteiger partial charge in [-0.2, -0.15) is 0 Å². The van der Waals surface area contributed by atoms with Gasteiger partial charge in [-0.15, -0.1) is 0 Å². The second-order valence-electron chi connectivity index (χ2n) is 7.24. The number of nitrogens with zero attached hydrogens (tertiary/aromatic N) is 1. The average Bonchev–Trinajstić information content (AvgIpc) is 3.29. The number of amides is 1. The summed E-state index contributed by atoms with van der Waals surface area (Å²) in [7, 11) is 0. The Morgan fingerprint density at radius 3 is 2.27 bits per heavy atom. The molecule has 0 bridgehead atoms. The van der Waals surface area contributed by atoms with Crippen LogP contribution in [-0.4, -0.2) is 29.4 Å². The molecule has 1 atom stereocenters. The van der Waals surface area contributed by atoms with Crippen molar-refractivity contribution in [3.63, 3.8) is 0 Å². The van der Waals surface area contributed by atoms with Crippen LogP contribution in [0.4, 0.5) is 0 Å². The molecule has 0 radical (unpaired) electrons. The summed E-state index contributed by atoms with van der Waals surface area (Å²) in [5, 5.41) is 0. The Bertz CT molecular complexity index is 511. The van der Waals surface area contributed by atoms with Crippen LogP contribution in [-0.2, 0) is 11.2 Å². The first-order chi connectivity index (χ1) is 10.6. The van der Waals surface area contributed by atoms with Crippen molar-refractivity contribution in [2.24, 2.45) is 5.73 Å². The molecular weight excluding hydrogens is 272 g/mol. The molecule has 1 heterocycles. The van der Waals surface area contributed by atoms with Crippen molar-refractivity contribution in [2.75, 3.05) is 13.1 Å². The maximum Gasteiger partial charge on any atom is 0.229 e. The maximum atomic E-state index is 12.7. The highest BCUT2D eigenvalue weighted by molar-refractivity contribution is 5.83. The second-order valence-corrected chi connectivity index (χ2v) is 7.24.